The molecule has 148 valence electrons. The van der Waals surface area contributed by atoms with Crippen LogP contribution in [0.3, 0.4) is 0 Å². The molecule has 2 aromatic heterocycles. The quantitative estimate of drug-likeness (QED) is 0.663. The van der Waals surface area contributed by atoms with Gasteiger partial charge in [0.2, 0.25) is 5.91 Å². The Kier molecular flexibility index (Phi) is 4.63. The van der Waals surface area contributed by atoms with Crippen molar-refractivity contribution in [2.24, 2.45) is 4.99 Å². The molecule has 0 radical (unpaired) electrons. The Hall–Kier alpha value is -3.00. The SMILES string of the molecule is CC(=O)N1CCC(Oc2ccc3c(c2)C=NCN3c2nc3cnccc3s2)CC1. The molecule has 3 aromatic rings. The molecule has 0 bridgehead atoms. The molecule has 1 amide bonds. The molecule has 1 aromatic carbocycles. The summed E-state index contributed by atoms with van der Waals surface area (Å²) in [7, 11) is 0. The lowest BCUT2D eigenvalue weighted by atomic mass is 10.1. The maximum atomic E-state index is 11.5. The fraction of sp³-hybridized carbons (Fsp3) is 0.333. The topological polar surface area (TPSA) is 70.9 Å². The van der Waals surface area contributed by atoms with Crippen LogP contribution in [0, 0.1) is 0 Å². The summed E-state index contributed by atoms with van der Waals surface area (Å²) in [6, 6.07) is 8.11. The molecule has 0 unspecified atom stereocenters. The van der Waals surface area contributed by atoms with Gasteiger partial charge in [-0.25, -0.2) is 4.98 Å². The van der Waals surface area contributed by atoms with E-state index in [9.17, 15) is 4.79 Å². The molecular formula is C21H21N5O2S. The van der Waals surface area contributed by atoms with Gasteiger partial charge in [0, 0.05) is 50.8 Å². The van der Waals surface area contributed by atoms with Crippen molar-refractivity contribution in [2.45, 2.75) is 25.9 Å². The molecule has 0 saturated carbocycles. The molecule has 4 heterocycles. The van der Waals surface area contributed by atoms with Gasteiger partial charge in [0.25, 0.3) is 0 Å². The number of carbonyl (C=O) groups excluding carboxylic acids is 1. The average Bonchev–Trinajstić information content (AvgIpc) is 3.17. The average molecular weight is 407 g/mol. The highest BCUT2D eigenvalue weighted by atomic mass is 32.1. The van der Waals surface area contributed by atoms with Crippen LogP contribution in [-0.2, 0) is 4.79 Å². The first kappa shape index (κ1) is 18.1. The van der Waals surface area contributed by atoms with Crippen molar-refractivity contribution in [3.8, 4) is 5.75 Å². The Morgan fingerprint density at radius 2 is 2.10 bits per heavy atom. The van der Waals surface area contributed by atoms with Gasteiger partial charge in [0.05, 0.1) is 16.6 Å². The number of thiazole rings is 1. The number of aromatic nitrogens is 2. The zero-order valence-electron chi connectivity index (χ0n) is 16.1. The Bertz CT molecular complexity index is 1050. The maximum absolute atomic E-state index is 11.5. The van der Waals surface area contributed by atoms with Gasteiger partial charge >= 0.3 is 0 Å². The third-order valence-electron chi connectivity index (χ3n) is 5.34. The highest BCUT2D eigenvalue weighted by Gasteiger charge is 2.23. The van der Waals surface area contributed by atoms with E-state index in [0.29, 0.717) is 6.67 Å². The summed E-state index contributed by atoms with van der Waals surface area (Å²) in [6.45, 7) is 3.68. The van der Waals surface area contributed by atoms with Crippen molar-refractivity contribution in [3.05, 3.63) is 42.2 Å². The summed E-state index contributed by atoms with van der Waals surface area (Å²) in [5.41, 5.74) is 3.00. The minimum atomic E-state index is 0.136. The summed E-state index contributed by atoms with van der Waals surface area (Å²) < 4.78 is 7.31. The lowest BCUT2D eigenvalue weighted by Gasteiger charge is -2.32. The summed E-state index contributed by atoms with van der Waals surface area (Å²) in [5, 5.41) is 0.913. The van der Waals surface area contributed by atoms with E-state index in [4.69, 9.17) is 9.72 Å². The monoisotopic (exact) mass is 407 g/mol. The van der Waals surface area contributed by atoms with Gasteiger partial charge in [-0.15, -0.1) is 0 Å². The van der Waals surface area contributed by atoms with Crippen LogP contribution in [0.2, 0.25) is 0 Å². The van der Waals surface area contributed by atoms with Gasteiger partial charge < -0.3 is 9.64 Å². The third kappa shape index (κ3) is 3.55. The summed E-state index contributed by atoms with van der Waals surface area (Å²) in [6.07, 6.45) is 7.32. The van der Waals surface area contributed by atoms with Crippen molar-refractivity contribution >= 4 is 44.5 Å². The molecule has 5 rings (SSSR count). The van der Waals surface area contributed by atoms with E-state index in [1.165, 1.54) is 0 Å². The zero-order chi connectivity index (χ0) is 19.8. The van der Waals surface area contributed by atoms with Crippen molar-refractivity contribution in [2.75, 3.05) is 24.7 Å². The number of anilines is 2. The molecule has 2 aliphatic heterocycles. The number of carbonyl (C=O) groups is 1. The number of likely N-dealkylation sites (tertiary alicyclic amines) is 1. The van der Waals surface area contributed by atoms with Crippen molar-refractivity contribution < 1.29 is 9.53 Å². The van der Waals surface area contributed by atoms with Gasteiger partial charge in [-0.2, -0.15) is 0 Å². The van der Waals surface area contributed by atoms with Crippen LogP contribution in [-0.4, -0.2) is 52.9 Å². The van der Waals surface area contributed by atoms with Crippen LogP contribution in [0.5, 0.6) is 5.75 Å². The molecule has 7 nitrogen and oxygen atoms in total. The number of benzene rings is 1. The molecule has 0 atom stereocenters. The number of rotatable bonds is 3. The van der Waals surface area contributed by atoms with Crippen LogP contribution in [0.15, 0.2) is 41.7 Å². The van der Waals surface area contributed by atoms with Gasteiger partial charge in [0.15, 0.2) is 5.13 Å². The van der Waals surface area contributed by atoms with E-state index >= 15 is 0 Å². The first-order valence-corrected chi connectivity index (χ1v) is 10.5. The van der Waals surface area contributed by atoms with Crippen LogP contribution in [0.25, 0.3) is 10.2 Å². The fourth-order valence-electron chi connectivity index (χ4n) is 3.78. The number of ether oxygens (including phenoxy) is 1. The Morgan fingerprint density at radius 1 is 1.24 bits per heavy atom. The second-order valence-electron chi connectivity index (χ2n) is 7.26. The number of aliphatic imine (C=N–C) groups is 1. The number of piperidine rings is 1. The maximum Gasteiger partial charge on any atom is 0.219 e. The van der Waals surface area contributed by atoms with Gasteiger partial charge in [0.1, 0.15) is 24.0 Å². The lowest BCUT2D eigenvalue weighted by Crippen LogP contribution is -2.40. The van der Waals surface area contributed by atoms with E-state index in [1.807, 2.05) is 29.3 Å². The van der Waals surface area contributed by atoms with Crippen molar-refractivity contribution in [1.29, 1.82) is 0 Å². The van der Waals surface area contributed by atoms with Crippen LogP contribution in [0.4, 0.5) is 10.8 Å². The number of hydrogen-bond acceptors (Lipinski definition) is 7. The minimum Gasteiger partial charge on any atom is -0.490 e. The Labute approximate surface area is 172 Å². The molecule has 1 fully saturated rings. The van der Waals surface area contributed by atoms with E-state index in [-0.39, 0.29) is 12.0 Å². The molecule has 8 heteroatoms. The summed E-state index contributed by atoms with van der Waals surface area (Å²) in [4.78, 5) is 28.9. The highest BCUT2D eigenvalue weighted by Crippen LogP contribution is 2.37. The molecule has 0 spiro atoms. The first-order valence-electron chi connectivity index (χ1n) is 9.71. The van der Waals surface area contributed by atoms with E-state index in [0.717, 1.165) is 58.3 Å². The lowest BCUT2D eigenvalue weighted by molar-refractivity contribution is -0.130. The molecule has 2 aliphatic rings. The second kappa shape index (κ2) is 7.44. The standard InChI is InChI=1S/C21H21N5O2S/c1-14(27)25-8-5-16(6-9-25)28-17-2-3-19-15(10-17)11-23-13-26(19)21-24-18-12-22-7-4-20(18)29-21/h2-4,7,10-12,16H,5-6,8-9,13H2,1H3. The summed E-state index contributed by atoms with van der Waals surface area (Å²) in [5.74, 6) is 0.978. The van der Waals surface area contributed by atoms with Crippen molar-refractivity contribution in [1.82, 2.24) is 14.9 Å². The number of amides is 1. The molecular weight excluding hydrogens is 386 g/mol. The number of fused-ring (bicyclic) bond motifs is 2. The van der Waals surface area contributed by atoms with E-state index in [2.05, 4.69) is 20.9 Å². The van der Waals surface area contributed by atoms with E-state index in [1.54, 1.807) is 30.7 Å². The Morgan fingerprint density at radius 3 is 2.90 bits per heavy atom. The number of nitrogens with zero attached hydrogens (tertiary/aromatic N) is 5. The molecule has 1 saturated heterocycles. The minimum absolute atomic E-state index is 0.136. The predicted octanol–water partition coefficient (Wildman–Crippen LogP) is 3.61. The van der Waals surface area contributed by atoms with Gasteiger partial charge in [-0.3, -0.25) is 19.7 Å². The van der Waals surface area contributed by atoms with Crippen LogP contribution < -0.4 is 9.64 Å². The zero-order valence-corrected chi connectivity index (χ0v) is 16.9. The second-order valence-corrected chi connectivity index (χ2v) is 8.27. The smallest absolute Gasteiger partial charge is 0.219 e. The molecule has 29 heavy (non-hydrogen) atoms. The number of hydrogen-bond donors (Lipinski definition) is 0. The van der Waals surface area contributed by atoms with E-state index < -0.39 is 0 Å². The van der Waals surface area contributed by atoms with Crippen LogP contribution in [0.1, 0.15) is 25.3 Å². The first-order chi connectivity index (χ1) is 14.2. The van der Waals surface area contributed by atoms with Crippen molar-refractivity contribution in [3.63, 3.8) is 0 Å². The molecule has 0 N–H and O–H groups in total. The highest BCUT2D eigenvalue weighted by molar-refractivity contribution is 7.22. The third-order valence-corrected chi connectivity index (χ3v) is 6.40. The van der Waals surface area contributed by atoms with Gasteiger partial charge in [-0.1, -0.05) is 11.3 Å². The Balaban J connectivity index is 1.35. The molecule has 0 aliphatic carbocycles. The largest absolute Gasteiger partial charge is 0.490 e. The normalized spacial score (nSPS) is 16.9. The fourth-order valence-corrected chi connectivity index (χ4v) is 4.72. The number of pyridine rings is 1. The summed E-state index contributed by atoms with van der Waals surface area (Å²) >= 11 is 1.64. The van der Waals surface area contributed by atoms with Gasteiger partial charge in [-0.05, 0) is 24.3 Å². The van der Waals surface area contributed by atoms with Crippen LogP contribution >= 0.6 is 11.3 Å². The predicted molar refractivity (Wildman–Crippen MR) is 114 cm³/mol.